The molecule has 8 heteroatoms. The predicted octanol–water partition coefficient (Wildman–Crippen LogP) is 7.34. The monoisotopic (exact) mass is 560 g/mol. The molecule has 1 unspecified atom stereocenters. The Hall–Kier alpha value is -3.36. The van der Waals surface area contributed by atoms with Crippen LogP contribution in [0.15, 0.2) is 73.3 Å². The number of rotatable bonds is 14. The van der Waals surface area contributed by atoms with Crippen molar-refractivity contribution in [1.29, 1.82) is 0 Å². The van der Waals surface area contributed by atoms with Gasteiger partial charge in [-0.1, -0.05) is 51.1 Å². The maximum absolute atomic E-state index is 11.7. The highest BCUT2D eigenvalue weighted by Gasteiger charge is 2.39. The van der Waals surface area contributed by atoms with Crippen molar-refractivity contribution in [2.75, 3.05) is 6.61 Å². The van der Waals surface area contributed by atoms with Gasteiger partial charge in [-0.25, -0.2) is 4.98 Å². The van der Waals surface area contributed by atoms with Crippen LogP contribution in [0.1, 0.15) is 68.7 Å². The van der Waals surface area contributed by atoms with Crippen molar-refractivity contribution in [1.82, 2.24) is 14.1 Å². The van der Waals surface area contributed by atoms with Crippen LogP contribution < -0.4 is 10.5 Å². The van der Waals surface area contributed by atoms with E-state index in [0.29, 0.717) is 6.61 Å². The SMILES string of the molecule is CC(C)(C)[Si](C)(C)OC(CCCn1ccc2ccc(OCCCCc3ccccc3)cc21)n1cnc(C(N)=O)c1. The van der Waals surface area contributed by atoms with Crippen molar-refractivity contribution in [3.05, 3.63) is 84.6 Å². The first kappa shape index (κ1) is 29.6. The van der Waals surface area contributed by atoms with Gasteiger partial charge in [0.15, 0.2) is 8.32 Å². The number of hydrogen-bond acceptors (Lipinski definition) is 4. The third kappa shape index (κ3) is 7.64. The summed E-state index contributed by atoms with van der Waals surface area (Å²) in [6, 6.07) is 19.1. The summed E-state index contributed by atoms with van der Waals surface area (Å²) in [6.07, 6.45) is 10.2. The Balaban J connectivity index is 1.36. The number of hydrogen-bond donors (Lipinski definition) is 1. The second-order valence-corrected chi connectivity index (χ2v) is 16.8. The van der Waals surface area contributed by atoms with Crippen LogP contribution in [0, 0.1) is 0 Å². The topological polar surface area (TPSA) is 84.3 Å². The molecule has 0 saturated carbocycles. The van der Waals surface area contributed by atoms with E-state index in [1.807, 2.05) is 4.57 Å². The van der Waals surface area contributed by atoms with E-state index in [9.17, 15) is 4.79 Å². The molecule has 0 fully saturated rings. The Morgan fingerprint density at radius 3 is 2.52 bits per heavy atom. The third-order valence-corrected chi connectivity index (χ3v) is 12.5. The van der Waals surface area contributed by atoms with Gasteiger partial charge in [0.05, 0.1) is 18.5 Å². The zero-order valence-corrected chi connectivity index (χ0v) is 25.6. The van der Waals surface area contributed by atoms with Gasteiger partial charge in [0.25, 0.3) is 5.91 Å². The normalized spacial score (nSPS) is 13.0. The lowest BCUT2D eigenvalue weighted by Crippen LogP contribution is -2.42. The molecule has 1 amide bonds. The first-order chi connectivity index (χ1) is 19.0. The van der Waals surface area contributed by atoms with Gasteiger partial charge < -0.3 is 24.0 Å². The maximum Gasteiger partial charge on any atom is 0.268 e. The first-order valence-corrected chi connectivity index (χ1v) is 17.2. The molecule has 2 N–H and O–H groups in total. The Bertz CT molecular complexity index is 1390. The summed E-state index contributed by atoms with van der Waals surface area (Å²) < 4.78 is 17.1. The van der Waals surface area contributed by atoms with Gasteiger partial charge in [-0.3, -0.25) is 4.79 Å². The number of fused-ring (bicyclic) bond motifs is 1. The van der Waals surface area contributed by atoms with E-state index in [4.69, 9.17) is 14.9 Å². The largest absolute Gasteiger partial charge is 0.494 e. The molecule has 4 aromatic rings. The standard InChI is InChI=1S/C32H44N4O3Si/c1-32(2,3)40(4,5)39-30(36-23-28(31(33)37)34-24-36)15-11-19-35-20-18-26-16-17-27(22-29(26)35)38-21-10-9-14-25-12-7-6-8-13-25/h6-8,12-13,16-18,20,22-24,30H,9-11,14-15,19,21H2,1-5H3,(H2,33,37). The summed E-state index contributed by atoms with van der Waals surface area (Å²) in [6.45, 7) is 12.7. The molecule has 2 aromatic heterocycles. The highest BCUT2D eigenvalue weighted by Crippen LogP contribution is 2.39. The first-order valence-electron chi connectivity index (χ1n) is 14.3. The van der Waals surface area contributed by atoms with E-state index in [0.717, 1.165) is 44.4 Å². The van der Waals surface area contributed by atoms with Gasteiger partial charge in [-0.2, -0.15) is 0 Å². The van der Waals surface area contributed by atoms with Crippen molar-refractivity contribution >= 4 is 25.1 Å². The van der Waals surface area contributed by atoms with Gasteiger partial charge in [-0.05, 0) is 79.4 Å². The fraction of sp³-hybridized carbons (Fsp3) is 0.438. The van der Waals surface area contributed by atoms with E-state index in [2.05, 4.69) is 104 Å². The number of aromatic nitrogens is 3. The molecule has 0 spiro atoms. The molecule has 2 heterocycles. The summed E-state index contributed by atoms with van der Waals surface area (Å²) in [4.78, 5) is 15.9. The lowest BCUT2D eigenvalue weighted by molar-refractivity contribution is 0.0984. The van der Waals surface area contributed by atoms with Crippen LogP contribution in [-0.4, -0.2) is 34.9 Å². The lowest BCUT2D eigenvalue weighted by Gasteiger charge is -2.39. The number of carbonyl (C=O) groups is 1. The molecular formula is C32H44N4O3Si. The smallest absolute Gasteiger partial charge is 0.268 e. The zero-order chi connectivity index (χ0) is 28.8. The molecule has 0 aliphatic rings. The molecule has 0 radical (unpaired) electrons. The fourth-order valence-electron chi connectivity index (χ4n) is 4.56. The van der Waals surface area contributed by atoms with Crippen LogP contribution in [0.5, 0.6) is 5.75 Å². The molecule has 40 heavy (non-hydrogen) atoms. The van der Waals surface area contributed by atoms with Crippen LogP contribution in [0.4, 0.5) is 0 Å². The zero-order valence-electron chi connectivity index (χ0n) is 24.6. The van der Waals surface area contributed by atoms with Gasteiger partial charge >= 0.3 is 0 Å². The van der Waals surface area contributed by atoms with Crippen LogP contribution >= 0.6 is 0 Å². The van der Waals surface area contributed by atoms with Gasteiger partial charge in [0, 0.05) is 25.0 Å². The van der Waals surface area contributed by atoms with Crippen molar-refractivity contribution in [2.45, 2.75) is 83.8 Å². The number of benzene rings is 2. The Kier molecular flexibility index (Phi) is 9.53. The molecule has 0 saturated heterocycles. The summed E-state index contributed by atoms with van der Waals surface area (Å²) in [7, 11) is -2.06. The number of primary amides is 1. The van der Waals surface area contributed by atoms with E-state index >= 15 is 0 Å². The minimum absolute atomic E-state index is 0.0624. The van der Waals surface area contributed by atoms with E-state index in [1.165, 1.54) is 16.5 Å². The van der Waals surface area contributed by atoms with Crippen LogP contribution in [0.3, 0.4) is 0 Å². The third-order valence-electron chi connectivity index (χ3n) is 7.99. The van der Waals surface area contributed by atoms with Crippen molar-refractivity contribution < 1.29 is 14.0 Å². The predicted molar refractivity (Wildman–Crippen MR) is 164 cm³/mol. The van der Waals surface area contributed by atoms with Gasteiger partial charge in [0.2, 0.25) is 0 Å². The lowest BCUT2D eigenvalue weighted by atomic mass is 10.1. The average molecular weight is 561 g/mol. The van der Waals surface area contributed by atoms with Crippen molar-refractivity contribution in [3.8, 4) is 5.75 Å². The van der Waals surface area contributed by atoms with Gasteiger partial charge in [0.1, 0.15) is 17.7 Å². The minimum Gasteiger partial charge on any atom is -0.494 e. The molecule has 0 aliphatic carbocycles. The second-order valence-electron chi connectivity index (χ2n) is 12.1. The van der Waals surface area contributed by atoms with Crippen molar-refractivity contribution in [3.63, 3.8) is 0 Å². The number of ether oxygens (including phenoxy) is 1. The Labute approximate surface area is 239 Å². The molecule has 2 aromatic carbocycles. The molecule has 4 rings (SSSR count). The van der Waals surface area contributed by atoms with E-state index in [-0.39, 0.29) is 17.0 Å². The molecular weight excluding hydrogens is 516 g/mol. The number of imidazole rings is 1. The molecule has 7 nitrogen and oxygen atoms in total. The minimum atomic E-state index is -2.06. The number of nitrogens with two attached hydrogens (primary N) is 1. The summed E-state index contributed by atoms with van der Waals surface area (Å²) in [5, 5.41) is 1.26. The highest BCUT2D eigenvalue weighted by molar-refractivity contribution is 6.74. The number of unbranched alkanes of at least 4 members (excludes halogenated alkanes) is 1. The number of nitrogens with zero attached hydrogens (tertiary/aromatic N) is 3. The van der Waals surface area contributed by atoms with Crippen LogP contribution in [0.25, 0.3) is 10.9 Å². The highest BCUT2D eigenvalue weighted by atomic mass is 28.4. The molecule has 0 bridgehead atoms. The van der Waals surface area contributed by atoms with Crippen LogP contribution in [-0.2, 0) is 17.4 Å². The Morgan fingerprint density at radius 2 is 1.82 bits per heavy atom. The average Bonchev–Trinajstić information content (AvgIpc) is 3.56. The maximum atomic E-state index is 11.7. The molecule has 0 aliphatic heterocycles. The molecule has 214 valence electrons. The quantitative estimate of drug-likeness (QED) is 0.129. The summed E-state index contributed by atoms with van der Waals surface area (Å²) in [5.41, 5.74) is 8.26. The number of amides is 1. The molecule has 1 atom stereocenters. The second kappa shape index (κ2) is 12.9. The van der Waals surface area contributed by atoms with Crippen LogP contribution in [0.2, 0.25) is 18.1 Å². The van der Waals surface area contributed by atoms with Gasteiger partial charge in [-0.15, -0.1) is 0 Å². The van der Waals surface area contributed by atoms with Crippen molar-refractivity contribution in [2.24, 2.45) is 5.73 Å². The Morgan fingerprint density at radius 1 is 1.05 bits per heavy atom. The summed E-state index contributed by atoms with van der Waals surface area (Å²) in [5.74, 6) is 0.376. The van der Waals surface area contributed by atoms with E-state index < -0.39 is 14.2 Å². The summed E-state index contributed by atoms with van der Waals surface area (Å²) >= 11 is 0. The number of carbonyl (C=O) groups excluding carboxylic acids is 1. The number of aryl methyl sites for hydroxylation is 2. The fourth-order valence-corrected chi connectivity index (χ4v) is 5.83. The van der Waals surface area contributed by atoms with E-state index in [1.54, 1.807) is 12.5 Å².